The number of hydrogen-bond donors (Lipinski definition) is 1. The zero-order valence-corrected chi connectivity index (χ0v) is 18.1. The number of benzene rings is 2. The fourth-order valence-electron chi connectivity index (χ4n) is 1.92. The largest absolute Gasteiger partial charge is 0.481 e. The Hall–Kier alpha value is -0.360. The SMILES string of the molecule is CCc1ccc(NC(=O)COc2c(Cl)c(Cl)c(Cl)c(Cl)c2Cl)c(Br)c1. The smallest absolute Gasteiger partial charge is 0.262 e. The molecule has 0 fully saturated rings. The Bertz CT molecular complexity index is 800. The summed E-state index contributed by atoms with van der Waals surface area (Å²) < 4.78 is 6.16. The van der Waals surface area contributed by atoms with Crippen molar-refractivity contribution in [2.45, 2.75) is 13.3 Å². The summed E-state index contributed by atoms with van der Waals surface area (Å²) in [6.45, 7) is 1.71. The van der Waals surface area contributed by atoms with E-state index in [-0.39, 0.29) is 37.5 Å². The fourth-order valence-corrected chi connectivity index (χ4v) is 3.67. The topological polar surface area (TPSA) is 38.3 Å². The Morgan fingerprint density at radius 3 is 2.12 bits per heavy atom. The van der Waals surface area contributed by atoms with E-state index in [0.29, 0.717) is 5.69 Å². The summed E-state index contributed by atoms with van der Waals surface area (Å²) in [4.78, 5) is 12.1. The van der Waals surface area contributed by atoms with Gasteiger partial charge in [0, 0.05) is 4.47 Å². The van der Waals surface area contributed by atoms with Crippen molar-refractivity contribution in [3.8, 4) is 5.75 Å². The van der Waals surface area contributed by atoms with Crippen LogP contribution in [0, 0.1) is 0 Å². The molecule has 0 atom stereocenters. The summed E-state index contributed by atoms with van der Waals surface area (Å²) in [5, 5.41) is 2.73. The Labute approximate surface area is 178 Å². The second-order valence-electron chi connectivity index (χ2n) is 4.90. The molecule has 0 aliphatic heterocycles. The summed E-state index contributed by atoms with van der Waals surface area (Å²) in [6.07, 6.45) is 0.894. The number of rotatable bonds is 5. The van der Waals surface area contributed by atoms with Crippen LogP contribution >= 0.6 is 73.9 Å². The molecule has 0 heterocycles. The van der Waals surface area contributed by atoms with Crippen LogP contribution in [0.5, 0.6) is 5.75 Å². The predicted molar refractivity (Wildman–Crippen MR) is 109 cm³/mol. The van der Waals surface area contributed by atoms with E-state index in [1.165, 1.54) is 0 Å². The van der Waals surface area contributed by atoms with Gasteiger partial charge in [0.15, 0.2) is 12.4 Å². The first-order valence-electron chi connectivity index (χ1n) is 6.98. The number of ether oxygens (including phenoxy) is 1. The number of amides is 1. The molecule has 0 radical (unpaired) electrons. The van der Waals surface area contributed by atoms with Crippen molar-refractivity contribution in [3.05, 3.63) is 53.3 Å². The predicted octanol–water partition coefficient (Wildman–Crippen LogP) is 7.30. The Morgan fingerprint density at radius 1 is 1.04 bits per heavy atom. The fraction of sp³-hybridized carbons (Fsp3) is 0.188. The molecule has 9 heteroatoms. The third-order valence-corrected chi connectivity index (χ3v) is 6.13. The Kier molecular flexibility index (Phi) is 7.56. The molecule has 0 aliphatic carbocycles. The highest BCUT2D eigenvalue weighted by atomic mass is 79.9. The quantitative estimate of drug-likeness (QED) is 0.342. The van der Waals surface area contributed by atoms with Gasteiger partial charge in [-0.2, -0.15) is 0 Å². The number of anilines is 1. The lowest BCUT2D eigenvalue weighted by Crippen LogP contribution is -2.20. The normalized spacial score (nSPS) is 10.7. The third-order valence-electron chi connectivity index (χ3n) is 3.23. The summed E-state index contributed by atoms with van der Waals surface area (Å²) >= 11 is 33.3. The molecule has 1 amide bonds. The molecule has 0 saturated heterocycles. The van der Waals surface area contributed by atoms with E-state index < -0.39 is 5.91 Å². The van der Waals surface area contributed by atoms with E-state index in [1.807, 2.05) is 19.1 Å². The molecule has 0 saturated carbocycles. The van der Waals surface area contributed by atoms with Gasteiger partial charge >= 0.3 is 0 Å². The average molecular weight is 506 g/mol. The van der Waals surface area contributed by atoms with Gasteiger partial charge in [-0.25, -0.2) is 0 Å². The number of carbonyl (C=O) groups is 1. The summed E-state index contributed by atoms with van der Waals surface area (Å²) in [7, 11) is 0. The lowest BCUT2D eigenvalue weighted by atomic mass is 10.1. The van der Waals surface area contributed by atoms with E-state index >= 15 is 0 Å². The minimum Gasteiger partial charge on any atom is -0.481 e. The van der Waals surface area contributed by atoms with Crippen molar-refractivity contribution < 1.29 is 9.53 Å². The highest BCUT2D eigenvalue weighted by Gasteiger charge is 2.21. The van der Waals surface area contributed by atoms with Crippen molar-refractivity contribution in [1.82, 2.24) is 0 Å². The molecule has 2 aromatic carbocycles. The van der Waals surface area contributed by atoms with Crippen molar-refractivity contribution in [1.29, 1.82) is 0 Å². The van der Waals surface area contributed by atoms with Crippen molar-refractivity contribution in [2.24, 2.45) is 0 Å². The van der Waals surface area contributed by atoms with Gasteiger partial charge in [-0.3, -0.25) is 4.79 Å². The van der Waals surface area contributed by atoms with E-state index in [1.54, 1.807) is 6.07 Å². The van der Waals surface area contributed by atoms with E-state index in [2.05, 4.69) is 21.2 Å². The molecule has 0 spiro atoms. The highest BCUT2D eigenvalue weighted by molar-refractivity contribution is 9.10. The van der Waals surface area contributed by atoms with Gasteiger partial charge in [0.25, 0.3) is 5.91 Å². The maximum Gasteiger partial charge on any atom is 0.262 e. The molecule has 0 unspecified atom stereocenters. The number of hydrogen-bond acceptors (Lipinski definition) is 2. The molecular formula is C16H11BrCl5NO2. The molecule has 3 nitrogen and oxygen atoms in total. The number of carbonyl (C=O) groups excluding carboxylic acids is 1. The zero-order valence-electron chi connectivity index (χ0n) is 12.7. The summed E-state index contributed by atoms with van der Waals surface area (Å²) in [6, 6.07) is 5.66. The van der Waals surface area contributed by atoms with E-state index in [9.17, 15) is 4.79 Å². The molecule has 2 rings (SSSR count). The molecular weight excluding hydrogens is 495 g/mol. The zero-order chi connectivity index (χ0) is 18.7. The van der Waals surface area contributed by atoms with Crippen LogP contribution in [0.1, 0.15) is 12.5 Å². The lowest BCUT2D eigenvalue weighted by molar-refractivity contribution is -0.118. The minimum atomic E-state index is -0.403. The molecule has 0 bridgehead atoms. The van der Waals surface area contributed by atoms with E-state index in [0.717, 1.165) is 16.5 Å². The first-order chi connectivity index (χ1) is 11.8. The van der Waals surface area contributed by atoms with Crippen LogP contribution in [0.2, 0.25) is 25.1 Å². The third kappa shape index (κ3) is 4.88. The standard InChI is InChI=1S/C16H11BrCl5NO2/c1-2-7-3-4-9(8(17)5-7)23-10(24)6-25-16-14(21)12(19)11(18)13(20)15(16)22/h3-5H,2,6H2,1H3,(H,23,24). The summed E-state index contributed by atoms with van der Waals surface area (Å²) in [5.41, 5.74) is 1.76. The molecule has 2 aromatic rings. The molecule has 0 aromatic heterocycles. The van der Waals surface area contributed by atoms with Gasteiger partial charge < -0.3 is 10.1 Å². The number of halogens is 6. The molecule has 25 heavy (non-hydrogen) atoms. The van der Waals surface area contributed by atoms with Crippen molar-refractivity contribution in [2.75, 3.05) is 11.9 Å². The lowest BCUT2D eigenvalue weighted by Gasteiger charge is -2.14. The van der Waals surface area contributed by atoms with Gasteiger partial charge in [-0.15, -0.1) is 0 Å². The number of aryl methyl sites for hydroxylation is 1. The Morgan fingerprint density at radius 2 is 1.60 bits per heavy atom. The van der Waals surface area contributed by atoms with Gasteiger partial charge in [-0.05, 0) is 40.0 Å². The maximum absolute atomic E-state index is 12.1. The Balaban J connectivity index is 2.11. The highest BCUT2D eigenvalue weighted by Crippen LogP contribution is 2.48. The second-order valence-corrected chi connectivity index (χ2v) is 7.65. The monoisotopic (exact) mass is 503 g/mol. The first-order valence-corrected chi connectivity index (χ1v) is 9.67. The van der Waals surface area contributed by atoms with Gasteiger partial charge in [0.05, 0.1) is 20.8 Å². The first kappa shape index (κ1) is 20.9. The summed E-state index contributed by atoms with van der Waals surface area (Å²) in [5.74, 6) is -0.405. The van der Waals surface area contributed by atoms with Crippen molar-refractivity contribution >= 4 is 85.5 Å². The number of nitrogens with one attached hydrogen (secondary N) is 1. The van der Waals surface area contributed by atoms with Crippen LogP contribution < -0.4 is 10.1 Å². The molecule has 0 aliphatic rings. The van der Waals surface area contributed by atoms with E-state index in [4.69, 9.17) is 62.7 Å². The van der Waals surface area contributed by atoms with Crippen LogP contribution in [0.25, 0.3) is 0 Å². The van der Waals surface area contributed by atoms with Gasteiger partial charge in [0.1, 0.15) is 10.0 Å². The van der Waals surface area contributed by atoms with Crippen LogP contribution in [0.3, 0.4) is 0 Å². The molecule has 134 valence electrons. The van der Waals surface area contributed by atoms with Gasteiger partial charge in [0.2, 0.25) is 0 Å². The van der Waals surface area contributed by atoms with Crippen LogP contribution in [0.4, 0.5) is 5.69 Å². The minimum absolute atomic E-state index is 0.00159. The van der Waals surface area contributed by atoms with Gasteiger partial charge in [-0.1, -0.05) is 71.0 Å². The van der Waals surface area contributed by atoms with Crippen LogP contribution in [-0.2, 0) is 11.2 Å². The average Bonchev–Trinajstić information content (AvgIpc) is 2.60. The second kappa shape index (κ2) is 9.03. The molecule has 1 N–H and O–H groups in total. The maximum atomic E-state index is 12.1. The van der Waals surface area contributed by atoms with Crippen LogP contribution in [0.15, 0.2) is 22.7 Å². The van der Waals surface area contributed by atoms with Crippen LogP contribution in [-0.4, -0.2) is 12.5 Å². The van der Waals surface area contributed by atoms with Crippen molar-refractivity contribution in [3.63, 3.8) is 0 Å².